The van der Waals surface area contributed by atoms with Crippen molar-refractivity contribution in [3.8, 4) is 0 Å². The van der Waals surface area contributed by atoms with Gasteiger partial charge in [-0.2, -0.15) is 0 Å². The van der Waals surface area contributed by atoms with Gasteiger partial charge < -0.3 is 0 Å². The number of hydrogen-bond donors (Lipinski definition) is 0. The molecule has 0 heterocycles. The Morgan fingerprint density at radius 1 is 1.18 bits per heavy atom. The number of halogens is 1. The molecule has 0 aromatic heterocycles. The lowest BCUT2D eigenvalue weighted by Crippen LogP contribution is -2.51. The molecule has 0 N–H and O–H groups in total. The fourth-order valence-corrected chi connectivity index (χ4v) is 6.97. The lowest BCUT2D eigenvalue weighted by atomic mass is 9.48. The minimum atomic E-state index is -0.0654. The molecule has 4 aliphatic rings. The first-order valence-electron chi connectivity index (χ1n) is 8.55. The second-order valence-corrected chi connectivity index (χ2v) is 8.47. The van der Waals surface area contributed by atoms with Crippen molar-refractivity contribution in [2.45, 2.75) is 45.4 Å². The van der Waals surface area contributed by atoms with Gasteiger partial charge in [0, 0.05) is 22.6 Å². The Kier molecular flexibility index (Phi) is 3.31. The standard InChI is InChI=1S/C19H23BrO2/c1-18-8-7-16-14(15(18)4-5-17(18)22)3-2-12-10-13(21)6-9-19(12,16)11-20/h6,9-10,14-16H,2-5,7-8,11H2,1H3/t14-,15-,16-,18-,19+/m0/s1. The van der Waals surface area contributed by atoms with Gasteiger partial charge in [0.05, 0.1) is 0 Å². The molecular formula is C19H23BrO2. The predicted octanol–water partition coefficient (Wildman–Crippen LogP) is 4.24. The Hall–Kier alpha value is -0.700. The molecule has 22 heavy (non-hydrogen) atoms. The van der Waals surface area contributed by atoms with Crippen LogP contribution in [0.15, 0.2) is 23.8 Å². The zero-order valence-corrected chi connectivity index (χ0v) is 14.7. The molecule has 0 saturated heterocycles. The highest BCUT2D eigenvalue weighted by molar-refractivity contribution is 9.09. The van der Waals surface area contributed by atoms with E-state index >= 15 is 0 Å². The van der Waals surface area contributed by atoms with E-state index in [0.717, 1.165) is 43.9 Å². The Morgan fingerprint density at radius 2 is 2.00 bits per heavy atom. The van der Waals surface area contributed by atoms with Crippen LogP contribution in [0.1, 0.15) is 45.4 Å². The van der Waals surface area contributed by atoms with Crippen molar-refractivity contribution in [3.63, 3.8) is 0 Å². The van der Waals surface area contributed by atoms with Gasteiger partial charge in [-0.25, -0.2) is 0 Å². The molecule has 118 valence electrons. The summed E-state index contributed by atoms with van der Waals surface area (Å²) < 4.78 is 0. The van der Waals surface area contributed by atoms with E-state index in [1.54, 1.807) is 6.08 Å². The molecule has 0 aromatic rings. The third-order valence-corrected chi connectivity index (χ3v) is 8.16. The van der Waals surface area contributed by atoms with Crippen molar-refractivity contribution in [1.29, 1.82) is 0 Å². The molecule has 0 unspecified atom stereocenters. The van der Waals surface area contributed by atoms with Gasteiger partial charge in [-0.05, 0) is 62.0 Å². The van der Waals surface area contributed by atoms with Crippen molar-refractivity contribution in [2.24, 2.45) is 28.6 Å². The highest BCUT2D eigenvalue weighted by Crippen LogP contribution is 2.63. The molecule has 3 fully saturated rings. The predicted molar refractivity (Wildman–Crippen MR) is 89.7 cm³/mol. The largest absolute Gasteiger partial charge is 0.299 e. The summed E-state index contributed by atoms with van der Waals surface area (Å²) in [4.78, 5) is 24.2. The lowest BCUT2D eigenvalue weighted by Gasteiger charge is -2.56. The van der Waals surface area contributed by atoms with E-state index in [0.29, 0.717) is 23.5 Å². The van der Waals surface area contributed by atoms with Crippen LogP contribution in [0.25, 0.3) is 0 Å². The number of ketones is 2. The molecule has 4 aliphatic carbocycles. The molecule has 0 aliphatic heterocycles. The van der Waals surface area contributed by atoms with Crippen LogP contribution in [0, 0.1) is 28.6 Å². The third kappa shape index (κ3) is 1.78. The van der Waals surface area contributed by atoms with Crippen molar-refractivity contribution in [2.75, 3.05) is 5.33 Å². The van der Waals surface area contributed by atoms with E-state index in [9.17, 15) is 9.59 Å². The summed E-state index contributed by atoms with van der Waals surface area (Å²) in [6.07, 6.45) is 12.0. The lowest BCUT2D eigenvalue weighted by molar-refractivity contribution is -0.131. The summed E-state index contributed by atoms with van der Waals surface area (Å²) in [5.74, 6) is 2.42. The number of fused-ring (bicyclic) bond motifs is 5. The van der Waals surface area contributed by atoms with Crippen LogP contribution in [0.4, 0.5) is 0 Å². The second kappa shape index (κ2) is 4.90. The molecular weight excluding hydrogens is 340 g/mol. The van der Waals surface area contributed by atoms with E-state index in [-0.39, 0.29) is 16.6 Å². The Labute approximate surface area is 140 Å². The molecule has 0 radical (unpaired) electrons. The van der Waals surface area contributed by atoms with Gasteiger partial charge in [-0.3, -0.25) is 9.59 Å². The number of rotatable bonds is 1. The van der Waals surface area contributed by atoms with Crippen molar-refractivity contribution < 1.29 is 9.59 Å². The summed E-state index contributed by atoms with van der Waals surface area (Å²) in [5.41, 5.74) is 1.28. The number of hydrogen-bond acceptors (Lipinski definition) is 2. The normalized spacial score (nSPS) is 46.8. The van der Waals surface area contributed by atoms with E-state index in [4.69, 9.17) is 0 Å². The summed E-state index contributed by atoms with van der Waals surface area (Å²) >= 11 is 3.75. The molecule has 2 nitrogen and oxygen atoms in total. The highest BCUT2D eigenvalue weighted by atomic mass is 79.9. The molecule has 0 bridgehead atoms. The van der Waals surface area contributed by atoms with Crippen molar-refractivity contribution in [1.82, 2.24) is 0 Å². The quantitative estimate of drug-likeness (QED) is 0.653. The van der Waals surface area contributed by atoms with Crippen molar-refractivity contribution in [3.05, 3.63) is 23.8 Å². The molecule has 5 atom stereocenters. The summed E-state index contributed by atoms with van der Waals surface area (Å²) in [7, 11) is 0. The molecule has 0 spiro atoms. The van der Waals surface area contributed by atoms with Gasteiger partial charge >= 0.3 is 0 Å². The third-order valence-electron chi connectivity index (χ3n) is 7.24. The van der Waals surface area contributed by atoms with Gasteiger partial charge in [-0.15, -0.1) is 0 Å². The maximum atomic E-state index is 12.4. The topological polar surface area (TPSA) is 34.1 Å². The number of Topliss-reactive ketones (excluding diaryl/α,β-unsaturated/α-hetero) is 1. The fraction of sp³-hybridized carbons (Fsp3) is 0.684. The Morgan fingerprint density at radius 3 is 2.77 bits per heavy atom. The number of alkyl halides is 1. The van der Waals surface area contributed by atoms with Crippen LogP contribution in [0.3, 0.4) is 0 Å². The van der Waals surface area contributed by atoms with E-state index in [1.165, 1.54) is 5.57 Å². The molecule has 0 amide bonds. The zero-order valence-electron chi connectivity index (χ0n) is 13.1. The Balaban J connectivity index is 1.74. The summed E-state index contributed by atoms with van der Waals surface area (Å²) in [6, 6.07) is 0. The minimum absolute atomic E-state index is 0.0177. The smallest absolute Gasteiger partial charge is 0.178 e. The van der Waals surface area contributed by atoms with E-state index in [2.05, 4.69) is 28.9 Å². The fourth-order valence-electron chi connectivity index (χ4n) is 6.01. The Bertz CT molecular complexity index is 605. The first-order valence-corrected chi connectivity index (χ1v) is 9.67. The molecule has 0 aromatic carbocycles. The van der Waals surface area contributed by atoms with Crippen LogP contribution >= 0.6 is 15.9 Å². The van der Waals surface area contributed by atoms with Gasteiger partial charge in [-0.1, -0.05) is 34.5 Å². The van der Waals surface area contributed by atoms with Crippen LogP contribution < -0.4 is 0 Å². The summed E-state index contributed by atoms with van der Waals surface area (Å²) in [5, 5.41) is 0.897. The van der Waals surface area contributed by atoms with E-state index < -0.39 is 0 Å². The van der Waals surface area contributed by atoms with Crippen molar-refractivity contribution >= 4 is 27.5 Å². The maximum absolute atomic E-state index is 12.4. The van der Waals surface area contributed by atoms with Crippen LogP contribution in [0.2, 0.25) is 0 Å². The maximum Gasteiger partial charge on any atom is 0.178 e. The monoisotopic (exact) mass is 362 g/mol. The molecule has 3 heteroatoms. The second-order valence-electron chi connectivity index (χ2n) is 7.91. The highest BCUT2D eigenvalue weighted by Gasteiger charge is 2.59. The number of carbonyl (C=O) groups excluding carboxylic acids is 2. The minimum Gasteiger partial charge on any atom is -0.299 e. The SMILES string of the molecule is C[C@]12CC[C@H]3[C@@H](CCC4=CC(=O)C=C[C@@]43CBr)[C@@H]1CCC2=O. The van der Waals surface area contributed by atoms with Gasteiger partial charge in [0.1, 0.15) is 5.78 Å². The first kappa shape index (κ1) is 14.9. The molecule has 3 saturated carbocycles. The first-order chi connectivity index (χ1) is 10.5. The van der Waals surface area contributed by atoms with Crippen LogP contribution in [-0.4, -0.2) is 16.9 Å². The van der Waals surface area contributed by atoms with Crippen LogP contribution in [-0.2, 0) is 9.59 Å². The van der Waals surface area contributed by atoms with Gasteiger partial charge in [0.2, 0.25) is 0 Å². The average molecular weight is 363 g/mol. The number of allylic oxidation sites excluding steroid dienone is 4. The summed E-state index contributed by atoms with van der Waals surface area (Å²) in [6.45, 7) is 2.22. The van der Waals surface area contributed by atoms with E-state index in [1.807, 2.05) is 6.08 Å². The van der Waals surface area contributed by atoms with Gasteiger partial charge in [0.15, 0.2) is 5.78 Å². The van der Waals surface area contributed by atoms with Crippen LogP contribution in [0.5, 0.6) is 0 Å². The molecule has 4 rings (SSSR count). The number of carbonyl (C=O) groups is 2. The van der Waals surface area contributed by atoms with Gasteiger partial charge in [0.25, 0.3) is 0 Å². The zero-order chi connectivity index (χ0) is 15.5. The average Bonchev–Trinajstić information content (AvgIpc) is 2.82.